The summed E-state index contributed by atoms with van der Waals surface area (Å²) in [6, 6.07) is 3.85. The third kappa shape index (κ3) is 4.02. The first-order valence-electron chi connectivity index (χ1n) is 7.77. The van der Waals surface area contributed by atoms with Gasteiger partial charge in [0.2, 0.25) is 0 Å². The van der Waals surface area contributed by atoms with E-state index in [1.807, 2.05) is 0 Å². The highest BCUT2D eigenvalue weighted by Crippen LogP contribution is 2.37. The summed E-state index contributed by atoms with van der Waals surface area (Å²) < 4.78 is 26.6. The van der Waals surface area contributed by atoms with Crippen LogP contribution in [0.4, 0.5) is 8.78 Å². The smallest absolute Gasteiger partial charge is 0.126 e. The van der Waals surface area contributed by atoms with Gasteiger partial charge in [0, 0.05) is 6.07 Å². The van der Waals surface area contributed by atoms with Crippen LogP contribution in [0.1, 0.15) is 44.6 Å². The summed E-state index contributed by atoms with van der Waals surface area (Å²) >= 11 is 0. The van der Waals surface area contributed by atoms with Crippen molar-refractivity contribution in [3.63, 3.8) is 0 Å². The van der Waals surface area contributed by atoms with Crippen molar-refractivity contribution in [2.75, 3.05) is 6.54 Å². The van der Waals surface area contributed by atoms with Crippen LogP contribution in [0.5, 0.6) is 0 Å². The zero-order valence-electron chi connectivity index (χ0n) is 12.2. The van der Waals surface area contributed by atoms with Gasteiger partial charge < -0.3 is 5.73 Å². The highest BCUT2D eigenvalue weighted by Gasteiger charge is 2.29. The van der Waals surface area contributed by atoms with Crippen LogP contribution < -0.4 is 5.73 Å². The monoisotopic (exact) mass is 281 g/mol. The first-order chi connectivity index (χ1) is 9.62. The first-order valence-corrected chi connectivity index (χ1v) is 7.77. The number of halogens is 2. The SMILES string of the molecule is CCCC1CCC(CN)C(Cc2cc(F)cc(F)c2)C1. The molecule has 1 aromatic carbocycles. The van der Waals surface area contributed by atoms with Crippen LogP contribution in [0.25, 0.3) is 0 Å². The molecule has 0 saturated heterocycles. The molecule has 1 aromatic rings. The summed E-state index contributed by atoms with van der Waals surface area (Å²) in [5, 5.41) is 0. The lowest BCUT2D eigenvalue weighted by Crippen LogP contribution is -2.31. The summed E-state index contributed by atoms with van der Waals surface area (Å²) in [5.41, 5.74) is 6.65. The van der Waals surface area contributed by atoms with Crippen LogP contribution in [0, 0.1) is 29.4 Å². The van der Waals surface area contributed by atoms with E-state index in [1.54, 1.807) is 0 Å². The van der Waals surface area contributed by atoms with E-state index in [4.69, 9.17) is 5.73 Å². The van der Waals surface area contributed by atoms with E-state index in [0.29, 0.717) is 18.4 Å². The Morgan fingerprint density at radius 1 is 1.10 bits per heavy atom. The molecule has 1 saturated carbocycles. The van der Waals surface area contributed by atoms with E-state index in [2.05, 4.69) is 6.92 Å². The fourth-order valence-corrected chi connectivity index (χ4v) is 3.69. The Hall–Kier alpha value is -0.960. The summed E-state index contributed by atoms with van der Waals surface area (Å²) in [4.78, 5) is 0. The largest absolute Gasteiger partial charge is 0.330 e. The normalized spacial score (nSPS) is 26.7. The molecular weight excluding hydrogens is 256 g/mol. The number of hydrogen-bond acceptors (Lipinski definition) is 1. The number of rotatable bonds is 5. The van der Waals surface area contributed by atoms with Crippen molar-refractivity contribution in [2.45, 2.75) is 45.4 Å². The van der Waals surface area contributed by atoms with Gasteiger partial charge in [-0.3, -0.25) is 0 Å². The Kier molecular flexibility index (Phi) is 5.53. The number of nitrogens with two attached hydrogens (primary N) is 1. The van der Waals surface area contributed by atoms with Crippen LogP contribution >= 0.6 is 0 Å². The summed E-state index contributed by atoms with van der Waals surface area (Å²) in [6.45, 7) is 2.90. The van der Waals surface area contributed by atoms with Crippen LogP contribution in [-0.2, 0) is 6.42 Å². The van der Waals surface area contributed by atoms with E-state index in [9.17, 15) is 8.78 Å². The van der Waals surface area contributed by atoms with Gasteiger partial charge in [0.1, 0.15) is 11.6 Å². The summed E-state index contributed by atoms with van der Waals surface area (Å²) in [5.74, 6) is 0.752. The van der Waals surface area contributed by atoms with Crippen molar-refractivity contribution < 1.29 is 8.78 Å². The number of hydrogen-bond donors (Lipinski definition) is 1. The topological polar surface area (TPSA) is 26.0 Å². The highest BCUT2D eigenvalue weighted by atomic mass is 19.1. The molecule has 2 rings (SSSR count). The van der Waals surface area contributed by atoms with Crippen molar-refractivity contribution in [3.05, 3.63) is 35.4 Å². The molecule has 0 bridgehead atoms. The zero-order chi connectivity index (χ0) is 14.5. The third-order valence-corrected chi connectivity index (χ3v) is 4.67. The molecule has 2 N–H and O–H groups in total. The predicted octanol–water partition coefficient (Wildman–Crippen LogP) is 4.30. The zero-order valence-corrected chi connectivity index (χ0v) is 12.2. The lowest BCUT2D eigenvalue weighted by molar-refractivity contribution is 0.175. The highest BCUT2D eigenvalue weighted by molar-refractivity contribution is 5.18. The predicted molar refractivity (Wildman–Crippen MR) is 78.3 cm³/mol. The molecule has 1 aliphatic rings. The maximum absolute atomic E-state index is 13.3. The standard InChI is InChI=1S/C17H25F2N/c1-2-3-12-4-5-14(11-20)15(6-12)7-13-8-16(18)10-17(19)9-13/h8-10,12,14-15H,2-7,11,20H2,1H3. The molecule has 0 heterocycles. The Bertz CT molecular complexity index is 413. The quantitative estimate of drug-likeness (QED) is 0.855. The first kappa shape index (κ1) is 15.4. The van der Waals surface area contributed by atoms with E-state index in [1.165, 1.54) is 31.4 Å². The molecule has 0 spiro atoms. The van der Waals surface area contributed by atoms with Crippen LogP contribution in [0.3, 0.4) is 0 Å². The average Bonchev–Trinajstić information content (AvgIpc) is 2.38. The van der Waals surface area contributed by atoms with Crippen molar-refractivity contribution in [3.8, 4) is 0 Å². The minimum absolute atomic E-state index is 0.464. The van der Waals surface area contributed by atoms with Gasteiger partial charge in [-0.25, -0.2) is 8.78 Å². The van der Waals surface area contributed by atoms with Crippen molar-refractivity contribution in [2.24, 2.45) is 23.5 Å². The second-order valence-electron chi connectivity index (χ2n) is 6.21. The molecule has 3 atom stereocenters. The Morgan fingerprint density at radius 2 is 1.80 bits per heavy atom. The molecule has 0 aromatic heterocycles. The summed E-state index contributed by atoms with van der Waals surface area (Å²) in [7, 11) is 0. The molecule has 0 amide bonds. The molecule has 20 heavy (non-hydrogen) atoms. The maximum atomic E-state index is 13.3. The third-order valence-electron chi connectivity index (χ3n) is 4.67. The lowest BCUT2D eigenvalue weighted by Gasteiger charge is -2.36. The summed E-state index contributed by atoms with van der Waals surface area (Å²) in [6.07, 6.45) is 6.77. The van der Waals surface area contributed by atoms with Gasteiger partial charge in [-0.05, 0) is 61.3 Å². The minimum atomic E-state index is -0.481. The van der Waals surface area contributed by atoms with Crippen LogP contribution in [0.2, 0.25) is 0 Å². The second kappa shape index (κ2) is 7.16. The van der Waals surface area contributed by atoms with Gasteiger partial charge >= 0.3 is 0 Å². The van der Waals surface area contributed by atoms with Gasteiger partial charge in [-0.15, -0.1) is 0 Å². The van der Waals surface area contributed by atoms with Gasteiger partial charge in [0.15, 0.2) is 0 Å². The molecular formula is C17H25F2N. The van der Waals surface area contributed by atoms with Crippen molar-refractivity contribution in [1.82, 2.24) is 0 Å². The van der Waals surface area contributed by atoms with E-state index in [0.717, 1.165) is 36.8 Å². The van der Waals surface area contributed by atoms with E-state index >= 15 is 0 Å². The molecule has 0 radical (unpaired) electrons. The lowest BCUT2D eigenvalue weighted by atomic mass is 9.70. The molecule has 1 nitrogen and oxygen atoms in total. The Balaban J connectivity index is 2.06. The maximum Gasteiger partial charge on any atom is 0.126 e. The van der Waals surface area contributed by atoms with Gasteiger partial charge in [0.25, 0.3) is 0 Å². The number of benzene rings is 1. The fraction of sp³-hybridized carbons (Fsp3) is 0.647. The van der Waals surface area contributed by atoms with Crippen LogP contribution in [0.15, 0.2) is 18.2 Å². The average molecular weight is 281 g/mol. The second-order valence-corrected chi connectivity index (χ2v) is 6.21. The van der Waals surface area contributed by atoms with Gasteiger partial charge in [-0.1, -0.05) is 26.2 Å². The molecule has 112 valence electrons. The van der Waals surface area contributed by atoms with Crippen molar-refractivity contribution in [1.29, 1.82) is 0 Å². The fourth-order valence-electron chi connectivity index (χ4n) is 3.69. The molecule has 3 heteroatoms. The van der Waals surface area contributed by atoms with Crippen molar-refractivity contribution >= 4 is 0 Å². The molecule has 0 aliphatic heterocycles. The molecule has 1 aliphatic carbocycles. The van der Waals surface area contributed by atoms with E-state index in [-0.39, 0.29) is 0 Å². The molecule has 1 fully saturated rings. The Labute approximate surface area is 120 Å². The van der Waals surface area contributed by atoms with E-state index < -0.39 is 11.6 Å². The van der Waals surface area contributed by atoms with Gasteiger partial charge in [-0.2, -0.15) is 0 Å². The molecule has 3 unspecified atom stereocenters. The minimum Gasteiger partial charge on any atom is -0.330 e. The Morgan fingerprint density at radius 3 is 2.40 bits per heavy atom. The van der Waals surface area contributed by atoms with Crippen LogP contribution in [-0.4, -0.2) is 6.54 Å². The van der Waals surface area contributed by atoms with Gasteiger partial charge in [0.05, 0.1) is 0 Å².